The standard InChI is InChI=1S/C27H28N2O3S/c1-5-21-8-6-7-9-24(21)29-19(3)16-22(20(29)4)17-25-26(30)28(27(31)33-25)14-15-32-23-12-10-18(2)11-13-23/h6-13,16-17H,5,14-15H2,1-4H3/b25-17-. The van der Waals surface area contributed by atoms with Gasteiger partial charge in [0.25, 0.3) is 11.1 Å². The molecule has 1 aliphatic heterocycles. The van der Waals surface area contributed by atoms with Crippen molar-refractivity contribution in [2.75, 3.05) is 13.2 Å². The summed E-state index contributed by atoms with van der Waals surface area (Å²) >= 11 is 0.986. The number of para-hydroxylation sites is 1. The Morgan fingerprint density at radius 3 is 2.45 bits per heavy atom. The van der Waals surface area contributed by atoms with Crippen molar-refractivity contribution < 1.29 is 14.3 Å². The number of benzene rings is 2. The maximum absolute atomic E-state index is 12.9. The highest BCUT2D eigenvalue weighted by Gasteiger charge is 2.35. The van der Waals surface area contributed by atoms with Crippen LogP contribution in [0.15, 0.2) is 59.5 Å². The molecular formula is C27H28N2O3S. The Hall–Kier alpha value is -3.25. The average Bonchev–Trinajstić information content (AvgIpc) is 3.23. The van der Waals surface area contributed by atoms with Crippen LogP contribution in [0.4, 0.5) is 4.79 Å². The van der Waals surface area contributed by atoms with Crippen LogP contribution >= 0.6 is 11.8 Å². The fourth-order valence-electron chi connectivity index (χ4n) is 4.06. The van der Waals surface area contributed by atoms with Gasteiger partial charge in [0.05, 0.1) is 11.4 Å². The van der Waals surface area contributed by atoms with Crippen LogP contribution in [0.25, 0.3) is 11.8 Å². The quantitative estimate of drug-likeness (QED) is 0.401. The minimum Gasteiger partial charge on any atom is -0.492 e. The number of carbonyl (C=O) groups is 2. The third kappa shape index (κ3) is 4.76. The largest absolute Gasteiger partial charge is 0.492 e. The number of imide groups is 1. The van der Waals surface area contributed by atoms with E-state index in [4.69, 9.17) is 4.74 Å². The summed E-state index contributed by atoms with van der Waals surface area (Å²) in [5, 5.41) is -0.260. The first-order chi connectivity index (χ1) is 15.9. The van der Waals surface area contributed by atoms with Gasteiger partial charge >= 0.3 is 0 Å². The number of amides is 2. The van der Waals surface area contributed by atoms with E-state index in [1.54, 1.807) is 0 Å². The summed E-state index contributed by atoms with van der Waals surface area (Å²) in [4.78, 5) is 27.1. The molecule has 0 aliphatic carbocycles. The Morgan fingerprint density at radius 2 is 1.73 bits per heavy atom. The molecule has 1 fully saturated rings. The van der Waals surface area contributed by atoms with E-state index in [2.05, 4.69) is 42.7 Å². The molecule has 2 aromatic carbocycles. The molecule has 4 rings (SSSR count). The van der Waals surface area contributed by atoms with E-state index < -0.39 is 0 Å². The molecule has 1 aliphatic rings. The van der Waals surface area contributed by atoms with E-state index in [1.807, 2.05) is 50.3 Å². The molecule has 2 amide bonds. The highest BCUT2D eigenvalue weighted by atomic mass is 32.2. The Labute approximate surface area is 199 Å². The molecule has 0 atom stereocenters. The van der Waals surface area contributed by atoms with E-state index >= 15 is 0 Å². The first-order valence-corrected chi connectivity index (χ1v) is 11.9. The number of aromatic nitrogens is 1. The van der Waals surface area contributed by atoms with Crippen LogP contribution in [0.5, 0.6) is 5.75 Å². The number of hydrogen-bond acceptors (Lipinski definition) is 4. The number of aryl methyl sites for hydroxylation is 3. The number of thioether (sulfide) groups is 1. The van der Waals surface area contributed by atoms with Gasteiger partial charge in [0.1, 0.15) is 12.4 Å². The minimum absolute atomic E-state index is 0.221. The molecule has 1 saturated heterocycles. The highest BCUT2D eigenvalue weighted by Crippen LogP contribution is 2.34. The summed E-state index contributed by atoms with van der Waals surface area (Å²) in [7, 11) is 0. The maximum atomic E-state index is 12.9. The molecule has 1 aromatic heterocycles. The van der Waals surface area contributed by atoms with Crippen molar-refractivity contribution in [1.82, 2.24) is 9.47 Å². The van der Waals surface area contributed by atoms with E-state index in [9.17, 15) is 9.59 Å². The van der Waals surface area contributed by atoms with E-state index in [0.29, 0.717) is 4.91 Å². The molecule has 0 bridgehead atoms. The summed E-state index contributed by atoms with van der Waals surface area (Å²) in [6, 6.07) is 18.1. The lowest BCUT2D eigenvalue weighted by Gasteiger charge is -2.14. The van der Waals surface area contributed by atoms with Crippen LogP contribution < -0.4 is 4.74 Å². The normalized spacial score (nSPS) is 15.0. The summed E-state index contributed by atoms with van der Waals surface area (Å²) < 4.78 is 7.92. The van der Waals surface area contributed by atoms with Gasteiger partial charge < -0.3 is 9.30 Å². The summed E-state index contributed by atoms with van der Waals surface area (Å²) in [5.41, 5.74) is 6.64. The lowest BCUT2D eigenvalue weighted by Crippen LogP contribution is -2.32. The second-order valence-electron chi connectivity index (χ2n) is 8.14. The van der Waals surface area contributed by atoms with Crippen molar-refractivity contribution in [1.29, 1.82) is 0 Å². The molecule has 170 valence electrons. The topological polar surface area (TPSA) is 51.5 Å². The molecule has 0 unspecified atom stereocenters. The Balaban J connectivity index is 1.51. The molecule has 0 radical (unpaired) electrons. The molecule has 33 heavy (non-hydrogen) atoms. The fourth-order valence-corrected chi connectivity index (χ4v) is 4.91. The SMILES string of the molecule is CCc1ccccc1-n1c(C)cc(/C=C2\SC(=O)N(CCOc3ccc(C)cc3)C2=O)c1C. The zero-order valence-electron chi connectivity index (χ0n) is 19.4. The number of nitrogens with zero attached hydrogens (tertiary/aromatic N) is 2. The van der Waals surface area contributed by atoms with Gasteiger partial charge in [-0.15, -0.1) is 0 Å². The maximum Gasteiger partial charge on any atom is 0.293 e. The molecular weight excluding hydrogens is 432 g/mol. The zero-order chi connectivity index (χ0) is 23.5. The van der Waals surface area contributed by atoms with Crippen molar-refractivity contribution in [2.24, 2.45) is 0 Å². The van der Waals surface area contributed by atoms with Crippen molar-refractivity contribution in [3.63, 3.8) is 0 Å². The molecule has 5 nitrogen and oxygen atoms in total. The monoisotopic (exact) mass is 460 g/mol. The molecule has 2 heterocycles. The lowest BCUT2D eigenvalue weighted by molar-refractivity contribution is -0.123. The van der Waals surface area contributed by atoms with Gasteiger partial charge in [0.15, 0.2) is 0 Å². The van der Waals surface area contributed by atoms with Crippen molar-refractivity contribution in [3.05, 3.63) is 87.6 Å². The first kappa shape index (κ1) is 22.9. The third-order valence-corrected chi connectivity index (χ3v) is 6.76. The molecule has 0 spiro atoms. The summed E-state index contributed by atoms with van der Waals surface area (Å²) in [6.45, 7) is 8.74. The molecule has 6 heteroatoms. The van der Waals surface area contributed by atoms with Crippen LogP contribution in [0.2, 0.25) is 0 Å². The van der Waals surface area contributed by atoms with Crippen LogP contribution in [0.3, 0.4) is 0 Å². The smallest absolute Gasteiger partial charge is 0.293 e. The lowest BCUT2D eigenvalue weighted by atomic mass is 10.1. The van der Waals surface area contributed by atoms with Crippen LogP contribution in [-0.2, 0) is 11.2 Å². The van der Waals surface area contributed by atoms with E-state index in [0.717, 1.165) is 52.1 Å². The Bertz CT molecular complexity index is 1220. The number of rotatable bonds is 7. The van der Waals surface area contributed by atoms with E-state index in [-0.39, 0.29) is 24.3 Å². The minimum atomic E-state index is -0.267. The van der Waals surface area contributed by atoms with Gasteiger partial charge in [0.2, 0.25) is 0 Å². The van der Waals surface area contributed by atoms with Gasteiger partial charge in [0, 0.05) is 17.1 Å². The van der Waals surface area contributed by atoms with Gasteiger partial charge in [-0.1, -0.05) is 42.8 Å². The molecule has 3 aromatic rings. The predicted molar refractivity (Wildman–Crippen MR) is 134 cm³/mol. The Morgan fingerprint density at radius 1 is 1.00 bits per heavy atom. The zero-order valence-corrected chi connectivity index (χ0v) is 20.2. The number of hydrogen-bond donors (Lipinski definition) is 0. The van der Waals surface area contributed by atoms with Crippen LogP contribution in [-0.4, -0.2) is 33.8 Å². The van der Waals surface area contributed by atoms with Gasteiger partial charge in [-0.2, -0.15) is 0 Å². The Kier molecular flexibility index (Phi) is 6.75. The van der Waals surface area contributed by atoms with Crippen molar-refractivity contribution in [2.45, 2.75) is 34.1 Å². The number of carbonyl (C=O) groups excluding carboxylic acids is 2. The predicted octanol–water partition coefficient (Wildman–Crippen LogP) is 6.08. The second kappa shape index (κ2) is 9.71. The summed E-state index contributed by atoms with van der Waals surface area (Å²) in [6.07, 6.45) is 2.77. The average molecular weight is 461 g/mol. The van der Waals surface area contributed by atoms with Crippen LogP contribution in [0.1, 0.15) is 35.0 Å². The van der Waals surface area contributed by atoms with Crippen molar-refractivity contribution in [3.8, 4) is 11.4 Å². The van der Waals surface area contributed by atoms with Crippen molar-refractivity contribution >= 4 is 29.0 Å². The number of ether oxygens (including phenoxy) is 1. The van der Waals surface area contributed by atoms with Gasteiger partial charge in [-0.05, 0) is 80.4 Å². The third-order valence-electron chi connectivity index (χ3n) is 5.85. The molecule has 0 N–H and O–H groups in total. The molecule has 0 saturated carbocycles. The van der Waals surface area contributed by atoms with Gasteiger partial charge in [-0.25, -0.2) is 0 Å². The van der Waals surface area contributed by atoms with E-state index in [1.165, 1.54) is 10.5 Å². The summed E-state index contributed by atoms with van der Waals surface area (Å²) in [5.74, 6) is 0.458. The highest BCUT2D eigenvalue weighted by molar-refractivity contribution is 8.18. The first-order valence-electron chi connectivity index (χ1n) is 11.1. The fraction of sp³-hybridized carbons (Fsp3) is 0.259. The van der Waals surface area contributed by atoms with Crippen LogP contribution in [0, 0.1) is 20.8 Å². The van der Waals surface area contributed by atoms with Gasteiger partial charge in [-0.3, -0.25) is 14.5 Å². The second-order valence-corrected chi connectivity index (χ2v) is 9.13.